The van der Waals surface area contributed by atoms with Crippen LogP contribution in [0.15, 0.2) is 53.9 Å². The van der Waals surface area contributed by atoms with Gasteiger partial charge in [0.15, 0.2) is 5.82 Å². The van der Waals surface area contributed by atoms with E-state index in [1.807, 2.05) is 17.5 Å². The predicted molar refractivity (Wildman–Crippen MR) is 106 cm³/mol. The number of halogens is 3. The molecule has 5 nitrogen and oxygen atoms in total. The monoisotopic (exact) mass is 426 g/mol. The minimum atomic E-state index is -0.755. The van der Waals surface area contributed by atoms with E-state index in [2.05, 4.69) is 10.1 Å². The van der Waals surface area contributed by atoms with Crippen molar-refractivity contribution in [2.75, 3.05) is 11.4 Å². The Morgan fingerprint density at radius 2 is 1.83 bits per heavy atom. The lowest BCUT2D eigenvalue weighted by molar-refractivity contribution is 0.0979. The standard InChI is InChI=1S/C21H13F3N4OS/c22-12-3-5-14(6-4-12)28-20(18-2-1-9-30-18)25-19(26-28)21(29)27-8-7-15-16(24)10-13(23)11-17(15)27/h1-6,9-11H,7-8H2. The minimum absolute atomic E-state index is 0.111. The molecule has 1 aliphatic rings. The van der Waals surface area contributed by atoms with Gasteiger partial charge in [-0.05, 0) is 48.2 Å². The van der Waals surface area contributed by atoms with Crippen molar-refractivity contribution in [1.29, 1.82) is 0 Å². The molecule has 0 bridgehead atoms. The first kappa shape index (κ1) is 18.6. The van der Waals surface area contributed by atoms with Crippen molar-refractivity contribution in [1.82, 2.24) is 14.8 Å². The number of amides is 1. The highest BCUT2D eigenvalue weighted by atomic mass is 32.1. The molecule has 0 atom stereocenters. The lowest BCUT2D eigenvalue weighted by Gasteiger charge is -2.15. The van der Waals surface area contributed by atoms with Crippen LogP contribution in [0.5, 0.6) is 0 Å². The zero-order valence-corrected chi connectivity index (χ0v) is 16.2. The number of hydrogen-bond donors (Lipinski definition) is 0. The van der Waals surface area contributed by atoms with Gasteiger partial charge in [-0.3, -0.25) is 4.79 Å². The number of thiophene rings is 1. The van der Waals surface area contributed by atoms with E-state index in [1.54, 1.807) is 0 Å². The third kappa shape index (κ3) is 3.07. The second-order valence-electron chi connectivity index (χ2n) is 6.72. The molecule has 5 rings (SSSR count). The van der Waals surface area contributed by atoms with Crippen LogP contribution in [0.4, 0.5) is 18.9 Å². The maximum Gasteiger partial charge on any atom is 0.297 e. The van der Waals surface area contributed by atoms with Gasteiger partial charge in [0.05, 0.1) is 16.3 Å². The number of benzene rings is 2. The van der Waals surface area contributed by atoms with Crippen LogP contribution in [0, 0.1) is 17.5 Å². The van der Waals surface area contributed by atoms with Crippen LogP contribution >= 0.6 is 11.3 Å². The van der Waals surface area contributed by atoms with Crippen molar-refractivity contribution >= 4 is 22.9 Å². The fourth-order valence-electron chi connectivity index (χ4n) is 3.48. The highest BCUT2D eigenvalue weighted by Gasteiger charge is 2.31. The molecule has 0 unspecified atom stereocenters. The molecule has 0 aliphatic carbocycles. The number of anilines is 1. The quantitative estimate of drug-likeness (QED) is 0.481. The smallest absolute Gasteiger partial charge is 0.297 e. The molecule has 0 radical (unpaired) electrons. The Balaban J connectivity index is 1.59. The summed E-state index contributed by atoms with van der Waals surface area (Å²) in [6.07, 6.45) is 0.281. The summed E-state index contributed by atoms with van der Waals surface area (Å²) in [5, 5.41) is 6.20. The van der Waals surface area contributed by atoms with Crippen LogP contribution in [0.1, 0.15) is 16.2 Å². The molecule has 150 valence electrons. The predicted octanol–water partition coefficient (Wildman–Crippen LogP) is 4.62. The molecule has 9 heteroatoms. The molecular formula is C21H13F3N4OS. The van der Waals surface area contributed by atoms with Crippen molar-refractivity contribution in [3.63, 3.8) is 0 Å². The zero-order valence-electron chi connectivity index (χ0n) is 15.3. The second-order valence-corrected chi connectivity index (χ2v) is 7.66. The molecule has 1 aliphatic heterocycles. The molecule has 30 heavy (non-hydrogen) atoms. The zero-order chi connectivity index (χ0) is 20.8. The van der Waals surface area contributed by atoms with Gasteiger partial charge in [-0.25, -0.2) is 22.8 Å². The van der Waals surface area contributed by atoms with E-state index < -0.39 is 23.4 Å². The van der Waals surface area contributed by atoms with Crippen molar-refractivity contribution in [2.24, 2.45) is 0 Å². The summed E-state index contributed by atoms with van der Waals surface area (Å²) in [5.41, 5.74) is 1.01. The summed E-state index contributed by atoms with van der Waals surface area (Å²) >= 11 is 1.42. The van der Waals surface area contributed by atoms with Crippen molar-refractivity contribution in [3.05, 3.63) is 82.8 Å². The SMILES string of the molecule is O=C(c1nc(-c2cccs2)n(-c2ccc(F)cc2)n1)N1CCc2c(F)cc(F)cc21. The van der Waals surface area contributed by atoms with Crippen molar-refractivity contribution in [3.8, 4) is 16.4 Å². The van der Waals surface area contributed by atoms with Gasteiger partial charge in [-0.2, -0.15) is 0 Å². The third-order valence-electron chi connectivity index (χ3n) is 4.87. The van der Waals surface area contributed by atoms with E-state index in [1.165, 1.54) is 45.2 Å². The lowest BCUT2D eigenvalue weighted by atomic mass is 10.1. The number of carbonyl (C=O) groups is 1. The van der Waals surface area contributed by atoms with Gasteiger partial charge >= 0.3 is 0 Å². The molecule has 2 aromatic heterocycles. The van der Waals surface area contributed by atoms with E-state index >= 15 is 0 Å². The molecule has 0 spiro atoms. The number of aromatic nitrogens is 3. The number of nitrogens with zero attached hydrogens (tertiary/aromatic N) is 4. The lowest BCUT2D eigenvalue weighted by Crippen LogP contribution is -2.30. The van der Waals surface area contributed by atoms with E-state index in [-0.39, 0.29) is 24.5 Å². The third-order valence-corrected chi connectivity index (χ3v) is 5.74. The van der Waals surface area contributed by atoms with E-state index in [0.29, 0.717) is 17.1 Å². The Morgan fingerprint density at radius 3 is 2.57 bits per heavy atom. The molecule has 0 N–H and O–H groups in total. The molecule has 3 heterocycles. The molecule has 2 aromatic carbocycles. The van der Waals surface area contributed by atoms with Gasteiger partial charge in [-0.1, -0.05) is 6.07 Å². The molecule has 0 fully saturated rings. The molecule has 0 saturated carbocycles. The molecule has 1 amide bonds. The van der Waals surface area contributed by atoms with Gasteiger partial charge < -0.3 is 4.90 Å². The summed E-state index contributed by atoms with van der Waals surface area (Å²) in [4.78, 5) is 19.6. The van der Waals surface area contributed by atoms with E-state index in [0.717, 1.165) is 17.0 Å². The van der Waals surface area contributed by atoms with Crippen LogP contribution in [0.2, 0.25) is 0 Å². The highest BCUT2D eigenvalue weighted by Crippen LogP contribution is 2.33. The Bertz CT molecular complexity index is 1250. The summed E-state index contributed by atoms with van der Waals surface area (Å²) in [6.45, 7) is 0.202. The normalized spacial score (nSPS) is 13.0. The number of fused-ring (bicyclic) bond motifs is 1. The van der Waals surface area contributed by atoms with Crippen LogP contribution in [-0.4, -0.2) is 27.2 Å². The number of carbonyl (C=O) groups excluding carboxylic acids is 1. The highest BCUT2D eigenvalue weighted by molar-refractivity contribution is 7.13. The molecule has 0 saturated heterocycles. The fraction of sp³-hybridized carbons (Fsp3) is 0.0952. The second kappa shape index (κ2) is 7.10. The molecule has 4 aromatic rings. The topological polar surface area (TPSA) is 51.0 Å². The first-order valence-corrected chi connectivity index (χ1v) is 9.96. The first-order valence-electron chi connectivity index (χ1n) is 9.08. The first-order chi connectivity index (χ1) is 14.5. The minimum Gasteiger partial charge on any atom is -0.305 e. The average molecular weight is 426 g/mol. The van der Waals surface area contributed by atoms with E-state index in [4.69, 9.17) is 0 Å². The maximum atomic E-state index is 14.1. The van der Waals surface area contributed by atoms with Gasteiger partial charge in [-0.15, -0.1) is 16.4 Å². The van der Waals surface area contributed by atoms with Crippen LogP contribution < -0.4 is 4.90 Å². The largest absolute Gasteiger partial charge is 0.305 e. The summed E-state index contributed by atoms with van der Waals surface area (Å²) < 4.78 is 42.6. The Kier molecular flexibility index (Phi) is 4.39. The summed E-state index contributed by atoms with van der Waals surface area (Å²) in [5.74, 6) is -2.08. The number of rotatable bonds is 3. The van der Waals surface area contributed by atoms with Crippen LogP contribution in [-0.2, 0) is 6.42 Å². The Hall–Kier alpha value is -3.46. The van der Waals surface area contributed by atoms with Crippen LogP contribution in [0.25, 0.3) is 16.4 Å². The van der Waals surface area contributed by atoms with Crippen molar-refractivity contribution < 1.29 is 18.0 Å². The van der Waals surface area contributed by atoms with Gasteiger partial charge in [0, 0.05) is 18.2 Å². The average Bonchev–Trinajstić information content (AvgIpc) is 3.47. The maximum absolute atomic E-state index is 14.1. The number of hydrogen-bond acceptors (Lipinski definition) is 4. The Labute approximate surface area is 173 Å². The summed E-state index contributed by atoms with van der Waals surface area (Å²) in [7, 11) is 0. The van der Waals surface area contributed by atoms with Gasteiger partial charge in [0.25, 0.3) is 5.91 Å². The van der Waals surface area contributed by atoms with Crippen molar-refractivity contribution in [2.45, 2.75) is 6.42 Å². The fourth-order valence-corrected chi connectivity index (χ4v) is 4.18. The summed E-state index contributed by atoms with van der Waals surface area (Å²) in [6, 6.07) is 11.3. The van der Waals surface area contributed by atoms with Gasteiger partial charge in [0.1, 0.15) is 17.5 Å². The Morgan fingerprint density at radius 1 is 1.03 bits per heavy atom. The van der Waals surface area contributed by atoms with E-state index in [9.17, 15) is 18.0 Å². The van der Waals surface area contributed by atoms with Crippen LogP contribution in [0.3, 0.4) is 0 Å². The van der Waals surface area contributed by atoms with Gasteiger partial charge in [0.2, 0.25) is 5.82 Å². The molecular weight excluding hydrogens is 413 g/mol.